The van der Waals surface area contributed by atoms with Gasteiger partial charge < -0.3 is 34.9 Å². The number of ether oxygens (including phenoxy) is 3. The number of benzene rings is 1. The molecule has 17 nitrogen and oxygen atoms in total. The van der Waals surface area contributed by atoms with Crippen LogP contribution in [-0.2, 0) is 28.9 Å². The first-order valence-corrected chi connectivity index (χ1v) is 14.7. The molecule has 3 heterocycles. The van der Waals surface area contributed by atoms with E-state index in [4.69, 9.17) is 19.3 Å². The Morgan fingerprint density at radius 3 is 2.60 bits per heavy atom. The summed E-state index contributed by atoms with van der Waals surface area (Å²) in [6.07, 6.45) is -6.89. The number of halogens is 2. The number of esters is 1. The van der Waals surface area contributed by atoms with Crippen LogP contribution in [0.4, 0.5) is 14.6 Å². The van der Waals surface area contributed by atoms with Crippen molar-refractivity contribution in [3.8, 4) is 5.88 Å². The second-order valence-electron chi connectivity index (χ2n) is 9.67. The Labute approximate surface area is 252 Å². The lowest BCUT2D eigenvalue weighted by atomic mass is 10.1. The SMILES string of the molecule is CC(CCOC(=O)CCC(=O)Nc1ccn([C@@H]2O[C@H](CO)[C@@H](O)C2(F)F)c(=O)n1)Oc1no[n+]([O-])c1S(=O)(=O)c1ccccc1. The van der Waals surface area contributed by atoms with Gasteiger partial charge in [0, 0.05) is 19.0 Å². The molecule has 1 aliphatic heterocycles. The summed E-state index contributed by atoms with van der Waals surface area (Å²) >= 11 is 0. The van der Waals surface area contributed by atoms with Crippen LogP contribution in [0.1, 0.15) is 32.4 Å². The van der Waals surface area contributed by atoms with Crippen LogP contribution in [0.25, 0.3) is 0 Å². The topological polar surface area (TPSA) is 236 Å². The molecule has 0 spiro atoms. The molecule has 3 aromatic rings. The lowest BCUT2D eigenvalue weighted by molar-refractivity contribution is -0.832. The highest BCUT2D eigenvalue weighted by molar-refractivity contribution is 7.91. The van der Waals surface area contributed by atoms with Crippen molar-refractivity contribution in [1.29, 1.82) is 0 Å². The maximum absolute atomic E-state index is 14.3. The van der Waals surface area contributed by atoms with Crippen molar-refractivity contribution in [2.45, 2.75) is 66.6 Å². The summed E-state index contributed by atoms with van der Waals surface area (Å²) in [6.45, 7) is 0.377. The average molecular weight is 660 g/mol. The third-order valence-corrected chi connectivity index (χ3v) is 8.15. The molecule has 45 heavy (non-hydrogen) atoms. The van der Waals surface area contributed by atoms with Crippen molar-refractivity contribution in [1.82, 2.24) is 14.7 Å². The number of amides is 1. The number of anilines is 1. The van der Waals surface area contributed by atoms with E-state index < -0.39 is 81.8 Å². The van der Waals surface area contributed by atoms with Gasteiger partial charge in [-0.1, -0.05) is 18.2 Å². The van der Waals surface area contributed by atoms with Crippen LogP contribution in [-0.4, -0.2) is 82.7 Å². The number of sulfone groups is 1. The first-order chi connectivity index (χ1) is 21.2. The summed E-state index contributed by atoms with van der Waals surface area (Å²) in [6, 6.07) is 8.10. The standard InChI is InChI=1S/C25H27F2N5O12S/c1-14(42-21-22(32(38)44-30-21)45(39,40)15-5-3-2-4-6-15)10-12-41-19(35)8-7-18(34)28-17-9-11-31(24(37)29-17)23-25(26,27)20(36)16(13-33)43-23/h2-6,9,11,14,16,20,23,33,36H,7-8,10,12-13H2,1H3,(H,28,29,34,37)/t14?,16-,20-,23-/m1/s1. The zero-order valence-electron chi connectivity index (χ0n) is 23.3. The van der Waals surface area contributed by atoms with E-state index in [0.29, 0.717) is 4.57 Å². The summed E-state index contributed by atoms with van der Waals surface area (Å²) in [4.78, 5) is 39.6. The van der Waals surface area contributed by atoms with Gasteiger partial charge in [0.15, 0.2) is 6.10 Å². The fourth-order valence-electron chi connectivity index (χ4n) is 4.09. The Hall–Kier alpha value is -4.53. The summed E-state index contributed by atoms with van der Waals surface area (Å²) < 4.78 is 74.4. The quantitative estimate of drug-likeness (QED) is 0.158. The van der Waals surface area contributed by atoms with Gasteiger partial charge in [0.25, 0.3) is 9.84 Å². The van der Waals surface area contributed by atoms with Crippen molar-refractivity contribution in [3.63, 3.8) is 0 Å². The first-order valence-electron chi connectivity index (χ1n) is 13.2. The van der Waals surface area contributed by atoms with E-state index in [9.17, 15) is 41.9 Å². The molecule has 0 radical (unpaired) electrons. The minimum absolute atomic E-state index is 0.0362. The molecule has 1 saturated heterocycles. The van der Waals surface area contributed by atoms with Gasteiger partial charge in [0.05, 0.1) is 29.7 Å². The number of aliphatic hydroxyl groups is 2. The van der Waals surface area contributed by atoms with Gasteiger partial charge in [-0.25, -0.2) is 13.2 Å². The number of rotatable bonds is 13. The Bertz CT molecular complexity index is 1680. The Balaban J connectivity index is 1.23. The Morgan fingerprint density at radius 1 is 1.24 bits per heavy atom. The predicted octanol–water partition coefficient (Wildman–Crippen LogP) is -0.297. The molecule has 244 valence electrons. The molecular formula is C25H27F2N5O12S. The molecule has 1 amide bonds. The van der Waals surface area contributed by atoms with Crippen LogP contribution in [0.15, 0.2) is 61.9 Å². The van der Waals surface area contributed by atoms with Gasteiger partial charge >= 0.3 is 28.5 Å². The van der Waals surface area contributed by atoms with Gasteiger partial charge in [0.2, 0.25) is 12.1 Å². The molecule has 0 saturated carbocycles. The number of carbonyl (C=O) groups is 2. The number of alkyl halides is 2. The lowest BCUT2D eigenvalue weighted by Crippen LogP contribution is -2.41. The van der Waals surface area contributed by atoms with Crippen molar-refractivity contribution < 1.29 is 60.7 Å². The second kappa shape index (κ2) is 13.6. The zero-order chi connectivity index (χ0) is 32.9. The fraction of sp³-hybridized carbons (Fsp3) is 0.440. The Kier molecular flexibility index (Phi) is 10.1. The van der Waals surface area contributed by atoms with Gasteiger partial charge in [-0.05, 0) is 30.0 Å². The fourth-order valence-corrected chi connectivity index (χ4v) is 5.37. The van der Waals surface area contributed by atoms with Crippen molar-refractivity contribution in [2.75, 3.05) is 18.5 Å². The molecular weight excluding hydrogens is 632 g/mol. The maximum atomic E-state index is 14.3. The van der Waals surface area contributed by atoms with Gasteiger partial charge in [-0.15, -0.1) is 0 Å². The summed E-state index contributed by atoms with van der Waals surface area (Å²) in [5.74, 6) is -6.33. The van der Waals surface area contributed by atoms with Gasteiger partial charge in [0.1, 0.15) is 18.0 Å². The molecule has 1 fully saturated rings. The van der Waals surface area contributed by atoms with E-state index in [-0.39, 0.29) is 35.1 Å². The summed E-state index contributed by atoms with van der Waals surface area (Å²) in [5, 5.41) is 35.4. The number of aliphatic hydroxyl groups excluding tert-OH is 2. The van der Waals surface area contributed by atoms with E-state index >= 15 is 0 Å². The second-order valence-corrected chi connectivity index (χ2v) is 11.5. The lowest BCUT2D eigenvalue weighted by Gasteiger charge is -2.21. The zero-order valence-corrected chi connectivity index (χ0v) is 24.1. The van der Waals surface area contributed by atoms with Gasteiger partial charge in [-0.2, -0.15) is 13.8 Å². The average Bonchev–Trinajstić information content (AvgIpc) is 3.47. The molecule has 20 heteroatoms. The highest BCUT2D eigenvalue weighted by Gasteiger charge is 2.59. The Morgan fingerprint density at radius 2 is 1.96 bits per heavy atom. The molecule has 4 rings (SSSR count). The molecule has 0 bridgehead atoms. The minimum atomic E-state index is -4.32. The number of hydrogen-bond donors (Lipinski definition) is 3. The van der Waals surface area contributed by atoms with Crippen molar-refractivity contribution >= 4 is 27.5 Å². The monoisotopic (exact) mass is 659 g/mol. The van der Waals surface area contributed by atoms with Crippen LogP contribution >= 0.6 is 0 Å². The highest BCUT2D eigenvalue weighted by Crippen LogP contribution is 2.42. The van der Waals surface area contributed by atoms with Crippen LogP contribution < -0.4 is 20.6 Å². The molecule has 1 unspecified atom stereocenters. The van der Waals surface area contributed by atoms with E-state index in [1.54, 1.807) is 6.07 Å². The van der Waals surface area contributed by atoms with Crippen LogP contribution in [0, 0.1) is 5.21 Å². The third kappa shape index (κ3) is 7.41. The number of carbonyl (C=O) groups excluding carboxylic acids is 2. The normalized spacial score (nSPS) is 20.0. The smallest absolute Gasteiger partial charge is 0.415 e. The molecule has 4 atom stereocenters. The number of aromatic nitrogens is 4. The van der Waals surface area contributed by atoms with E-state index in [0.717, 1.165) is 12.3 Å². The molecule has 1 aliphatic rings. The van der Waals surface area contributed by atoms with Crippen LogP contribution in [0.5, 0.6) is 5.88 Å². The number of hydrogen-bond acceptors (Lipinski definition) is 14. The van der Waals surface area contributed by atoms with E-state index in [2.05, 4.69) is 20.1 Å². The maximum Gasteiger partial charge on any atom is 0.415 e. The van der Waals surface area contributed by atoms with E-state index in [1.165, 1.54) is 31.2 Å². The number of nitrogens with zero attached hydrogens (tertiary/aromatic N) is 4. The summed E-state index contributed by atoms with van der Waals surface area (Å²) in [7, 11) is -4.32. The predicted molar refractivity (Wildman–Crippen MR) is 141 cm³/mol. The molecule has 3 N–H and O–H groups in total. The molecule has 2 aromatic heterocycles. The number of nitrogens with one attached hydrogen (secondary N) is 1. The van der Waals surface area contributed by atoms with Gasteiger partial charge in [-0.3, -0.25) is 18.8 Å². The summed E-state index contributed by atoms with van der Waals surface area (Å²) in [5.41, 5.74) is -1.24. The van der Waals surface area contributed by atoms with E-state index in [1.807, 2.05) is 0 Å². The van der Waals surface area contributed by atoms with Crippen molar-refractivity contribution in [2.24, 2.45) is 0 Å². The molecule has 0 aliphatic carbocycles. The largest absolute Gasteiger partial charge is 0.466 e. The van der Waals surface area contributed by atoms with Crippen LogP contribution in [0.3, 0.4) is 0 Å². The highest BCUT2D eigenvalue weighted by atomic mass is 32.2. The first kappa shape index (κ1) is 33.4. The van der Waals surface area contributed by atoms with Crippen molar-refractivity contribution in [3.05, 3.63) is 58.3 Å². The molecule has 1 aromatic carbocycles. The third-order valence-electron chi connectivity index (χ3n) is 6.42. The van der Waals surface area contributed by atoms with Crippen LogP contribution in [0.2, 0.25) is 0 Å². The minimum Gasteiger partial charge on any atom is -0.466 e.